The van der Waals surface area contributed by atoms with E-state index in [9.17, 15) is 4.79 Å². The van der Waals surface area contributed by atoms with Gasteiger partial charge in [-0.3, -0.25) is 4.99 Å². The summed E-state index contributed by atoms with van der Waals surface area (Å²) in [4.78, 5) is 23.1. The van der Waals surface area contributed by atoms with Gasteiger partial charge in [0.25, 0.3) is 0 Å². The minimum Gasteiger partial charge on any atom is -0.444 e. The SMILES string of the molecule is CN=C(NCCN(C(=O)OC(C)(C)C)C1CC1)NCc1nc(C(C)C)cs1.I. The van der Waals surface area contributed by atoms with Gasteiger partial charge in [0.05, 0.1) is 12.2 Å². The molecule has 28 heavy (non-hydrogen) atoms. The molecule has 0 bridgehead atoms. The largest absolute Gasteiger partial charge is 0.444 e. The molecule has 1 fully saturated rings. The minimum atomic E-state index is -0.474. The summed E-state index contributed by atoms with van der Waals surface area (Å²) in [5.74, 6) is 1.14. The van der Waals surface area contributed by atoms with Crippen molar-refractivity contribution >= 4 is 47.4 Å². The van der Waals surface area contributed by atoms with E-state index in [0.29, 0.717) is 37.6 Å². The molecule has 1 saturated carbocycles. The summed E-state index contributed by atoms with van der Waals surface area (Å²) in [5, 5.41) is 9.68. The van der Waals surface area contributed by atoms with Crippen LogP contribution in [0.4, 0.5) is 4.79 Å². The van der Waals surface area contributed by atoms with E-state index in [1.807, 2.05) is 25.7 Å². The third-order valence-electron chi connectivity index (χ3n) is 4.05. The molecular weight excluding hydrogens is 489 g/mol. The Balaban J connectivity index is 0.00000392. The number of thiazole rings is 1. The van der Waals surface area contributed by atoms with Crippen molar-refractivity contribution in [2.45, 2.75) is 71.6 Å². The molecule has 0 saturated heterocycles. The number of nitrogens with zero attached hydrogens (tertiary/aromatic N) is 3. The fraction of sp³-hybridized carbons (Fsp3) is 0.737. The van der Waals surface area contributed by atoms with Gasteiger partial charge in [0.2, 0.25) is 0 Å². The average Bonchev–Trinajstić information content (AvgIpc) is 3.28. The molecule has 1 aromatic rings. The number of carbonyl (C=O) groups is 1. The molecule has 0 unspecified atom stereocenters. The third kappa shape index (κ3) is 8.50. The minimum absolute atomic E-state index is 0. The number of aromatic nitrogens is 1. The molecule has 160 valence electrons. The Morgan fingerprint density at radius 2 is 2.07 bits per heavy atom. The van der Waals surface area contributed by atoms with Crippen molar-refractivity contribution in [1.29, 1.82) is 0 Å². The van der Waals surface area contributed by atoms with Gasteiger partial charge in [-0.05, 0) is 39.5 Å². The molecule has 0 aliphatic heterocycles. The molecule has 7 nitrogen and oxygen atoms in total. The lowest BCUT2D eigenvalue weighted by molar-refractivity contribution is 0.0238. The molecule has 2 N–H and O–H groups in total. The Morgan fingerprint density at radius 3 is 2.57 bits per heavy atom. The number of guanidine groups is 1. The predicted octanol–water partition coefficient (Wildman–Crippen LogP) is 3.95. The summed E-state index contributed by atoms with van der Waals surface area (Å²) in [5.41, 5.74) is 0.648. The molecule has 1 amide bonds. The highest BCUT2D eigenvalue weighted by Gasteiger charge is 2.34. The molecule has 0 spiro atoms. The monoisotopic (exact) mass is 523 g/mol. The van der Waals surface area contributed by atoms with E-state index in [4.69, 9.17) is 4.74 Å². The van der Waals surface area contributed by atoms with E-state index in [2.05, 4.69) is 39.8 Å². The highest BCUT2D eigenvalue weighted by Crippen LogP contribution is 2.28. The van der Waals surface area contributed by atoms with Crippen LogP contribution in [-0.2, 0) is 11.3 Å². The topological polar surface area (TPSA) is 78.9 Å². The fourth-order valence-electron chi connectivity index (χ4n) is 2.48. The Hall–Kier alpha value is -1.10. The smallest absolute Gasteiger partial charge is 0.410 e. The number of carbonyl (C=O) groups excluding carboxylic acids is 1. The first-order valence-corrected chi connectivity index (χ1v) is 10.5. The van der Waals surface area contributed by atoms with Gasteiger partial charge in [-0.2, -0.15) is 0 Å². The quantitative estimate of drug-likeness (QED) is 0.322. The van der Waals surface area contributed by atoms with Crippen LogP contribution in [0.25, 0.3) is 0 Å². The zero-order valence-corrected chi connectivity index (χ0v) is 20.9. The van der Waals surface area contributed by atoms with E-state index in [1.54, 1.807) is 18.4 Å². The lowest BCUT2D eigenvalue weighted by Crippen LogP contribution is -2.45. The summed E-state index contributed by atoms with van der Waals surface area (Å²) in [7, 11) is 1.74. The van der Waals surface area contributed by atoms with Crippen molar-refractivity contribution in [3.63, 3.8) is 0 Å². The van der Waals surface area contributed by atoms with Gasteiger partial charge in [-0.1, -0.05) is 13.8 Å². The number of hydrogen-bond donors (Lipinski definition) is 2. The lowest BCUT2D eigenvalue weighted by Gasteiger charge is -2.27. The van der Waals surface area contributed by atoms with Crippen molar-refractivity contribution in [2.75, 3.05) is 20.1 Å². The van der Waals surface area contributed by atoms with Crippen molar-refractivity contribution in [2.24, 2.45) is 4.99 Å². The molecule has 1 aliphatic rings. The maximum absolute atomic E-state index is 12.4. The molecule has 0 radical (unpaired) electrons. The van der Waals surface area contributed by atoms with Crippen LogP contribution in [0.1, 0.15) is 64.1 Å². The van der Waals surface area contributed by atoms with Crippen molar-refractivity contribution in [3.8, 4) is 0 Å². The summed E-state index contributed by atoms with van der Waals surface area (Å²) in [6.45, 7) is 11.8. The second-order valence-corrected chi connectivity index (χ2v) is 9.02. The van der Waals surface area contributed by atoms with Gasteiger partial charge in [0, 0.05) is 31.6 Å². The van der Waals surface area contributed by atoms with Crippen LogP contribution in [0, 0.1) is 0 Å². The molecule has 0 aromatic carbocycles. The number of rotatable bonds is 7. The maximum Gasteiger partial charge on any atom is 0.410 e. The fourth-order valence-corrected chi connectivity index (χ4v) is 3.37. The number of nitrogens with one attached hydrogen (secondary N) is 2. The van der Waals surface area contributed by atoms with E-state index < -0.39 is 5.60 Å². The summed E-state index contributed by atoms with van der Waals surface area (Å²) < 4.78 is 5.52. The van der Waals surface area contributed by atoms with Gasteiger partial charge < -0.3 is 20.3 Å². The number of halogens is 1. The standard InChI is InChI=1S/C19H33N5O2S.HI/c1-13(2)15-12-27-16(23-15)11-22-17(20-6)21-9-10-24(14-7-8-14)18(25)26-19(3,4)5;/h12-14H,7-11H2,1-6H3,(H2,20,21,22);1H. The third-order valence-corrected chi connectivity index (χ3v) is 4.92. The zero-order valence-electron chi connectivity index (χ0n) is 17.7. The zero-order chi connectivity index (χ0) is 20.0. The first-order chi connectivity index (χ1) is 12.7. The second-order valence-electron chi connectivity index (χ2n) is 8.08. The first-order valence-electron chi connectivity index (χ1n) is 9.58. The Bertz CT molecular complexity index is 653. The van der Waals surface area contributed by atoms with Crippen LogP contribution >= 0.6 is 35.3 Å². The van der Waals surface area contributed by atoms with Crippen LogP contribution in [0.5, 0.6) is 0 Å². The Morgan fingerprint density at radius 1 is 1.39 bits per heavy atom. The lowest BCUT2D eigenvalue weighted by atomic mass is 10.2. The van der Waals surface area contributed by atoms with Crippen LogP contribution in [0.2, 0.25) is 0 Å². The van der Waals surface area contributed by atoms with Gasteiger partial charge in [0.1, 0.15) is 10.6 Å². The number of ether oxygens (including phenoxy) is 1. The number of aliphatic imine (C=N–C) groups is 1. The van der Waals surface area contributed by atoms with Crippen molar-refractivity contribution < 1.29 is 9.53 Å². The average molecular weight is 523 g/mol. The molecule has 1 heterocycles. The highest BCUT2D eigenvalue weighted by molar-refractivity contribution is 14.0. The van der Waals surface area contributed by atoms with Crippen LogP contribution in [0.15, 0.2) is 10.4 Å². The molecule has 1 aromatic heterocycles. The van der Waals surface area contributed by atoms with E-state index in [-0.39, 0.29) is 30.1 Å². The first kappa shape index (κ1) is 24.9. The summed E-state index contributed by atoms with van der Waals surface area (Å²) in [6, 6.07) is 0.307. The number of hydrogen-bond acceptors (Lipinski definition) is 5. The second kappa shape index (κ2) is 11.2. The summed E-state index contributed by atoms with van der Waals surface area (Å²) in [6.07, 6.45) is 1.86. The molecule has 0 atom stereocenters. The summed E-state index contributed by atoms with van der Waals surface area (Å²) >= 11 is 1.65. The van der Waals surface area contributed by atoms with E-state index >= 15 is 0 Å². The van der Waals surface area contributed by atoms with Gasteiger partial charge in [-0.25, -0.2) is 9.78 Å². The van der Waals surface area contributed by atoms with Crippen LogP contribution in [-0.4, -0.2) is 53.7 Å². The van der Waals surface area contributed by atoms with Crippen LogP contribution in [0.3, 0.4) is 0 Å². The van der Waals surface area contributed by atoms with Crippen molar-refractivity contribution in [3.05, 3.63) is 16.1 Å². The molecule has 9 heteroatoms. The highest BCUT2D eigenvalue weighted by atomic mass is 127. The van der Waals surface area contributed by atoms with E-state index in [0.717, 1.165) is 23.5 Å². The Labute approximate surface area is 189 Å². The van der Waals surface area contributed by atoms with Gasteiger partial charge in [0.15, 0.2) is 5.96 Å². The maximum atomic E-state index is 12.4. The molecule has 2 rings (SSSR count). The normalized spacial score (nSPS) is 14.5. The van der Waals surface area contributed by atoms with Gasteiger partial charge in [-0.15, -0.1) is 35.3 Å². The number of amides is 1. The van der Waals surface area contributed by atoms with Crippen molar-refractivity contribution in [1.82, 2.24) is 20.5 Å². The van der Waals surface area contributed by atoms with E-state index in [1.165, 1.54) is 0 Å². The van der Waals surface area contributed by atoms with Gasteiger partial charge >= 0.3 is 6.09 Å². The predicted molar refractivity (Wildman–Crippen MR) is 126 cm³/mol. The van der Waals surface area contributed by atoms with Crippen LogP contribution < -0.4 is 10.6 Å². The molecule has 1 aliphatic carbocycles. The Kier molecular flexibility index (Phi) is 9.96. The molecular formula is C19H34IN5O2S.